The number of nitrogens with one attached hydrogen (secondary N) is 1. The summed E-state index contributed by atoms with van der Waals surface area (Å²) in [6, 6.07) is 14.3. The van der Waals surface area contributed by atoms with Crippen LogP contribution in [0.1, 0.15) is 29.3 Å². The third kappa shape index (κ3) is 4.28. The van der Waals surface area contributed by atoms with Gasteiger partial charge in [-0.25, -0.2) is 4.98 Å². The number of aromatic nitrogens is 3. The van der Waals surface area contributed by atoms with Crippen LogP contribution >= 0.6 is 0 Å². The van der Waals surface area contributed by atoms with Crippen molar-refractivity contribution >= 4 is 28.5 Å². The van der Waals surface area contributed by atoms with Crippen molar-refractivity contribution in [3.63, 3.8) is 0 Å². The van der Waals surface area contributed by atoms with Gasteiger partial charge in [-0.1, -0.05) is 35.0 Å². The van der Waals surface area contributed by atoms with E-state index in [9.17, 15) is 14.4 Å². The van der Waals surface area contributed by atoms with Crippen molar-refractivity contribution in [3.8, 4) is 11.3 Å². The quantitative estimate of drug-likeness (QED) is 0.481. The molecule has 0 aliphatic rings. The van der Waals surface area contributed by atoms with E-state index in [2.05, 4.69) is 15.5 Å². The number of nitrogens with zero attached hydrogens (tertiary/aromatic N) is 3. The van der Waals surface area contributed by atoms with Gasteiger partial charge in [-0.15, -0.1) is 0 Å². The Morgan fingerprint density at radius 2 is 1.77 bits per heavy atom. The minimum atomic E-state index is -0.394. The van der Waals surface area contributed by atoms with Gasteiger partial charge in [-0.05, 0) is 38.1 Å². The number of ketones is 1. The first-order valence-electron chi connectivity index (χ1n) is 9.75. The molecule has 0 saturated carbocycles. The number of anilines is 1. The van der Waals surface area contributed by atoms with Crippen molar-refractivity contribution in [2.24, 2.45) is 0 Å². The van der Waals surface area contributed by atoms with E-state index in [1.54, 1.807) is 24.3 Å². The number of benzene rings is 2. The van der Waals surface area contributed by atoms with Crippen LogP contribution in [0.4, 0.5) is 5.69 Å². The number of amides is 1. The highest BCUT2D eigenvalue weighted by molar-refractivity contribution is 5.95. The fraction of sp³-hybridized carbons (Fsp3) is 0.174. The molecule has 4 aromatic rings. The molecule has 1 N–H and O–H groups in total. The van der Waals surface area contributed by atoms with Crippen LogP contribution in [0, 0.1) is 6.92 Å². The molecule has 0 bridgehead atoms. The fourth-order valence-electron chi connectivity index (χ4n) is 3.15. The monoisotopic (exact) mass is 416 g/mol. The molecule has 31 heavy (non-hydrogen) atoms. The number of hydrogen-bond acceptors (Lipinski definition) is 6. The lowest BCUT2D eigenvalue weighted by atomic mass is 10.1. The van der Waals surface area contributed by atoms with E-state index in [4.69, 9.17) is 4.52 Å². The summed E-state index contributed by atoms with van der Waals surface area (Å²) in [5.41, 5.74) is 3.62. The van der Waals surface area contributed by atoms with Crippen LogP contribution in [0.25, 0.3) is 22.4 Å². The Balaban J connectivity index is 1.47. The predicted octanol–water partition coefficient (Wildman–Crippen LogP) is 3.59. The van der Waals surface area contributed by atoms with Crippen molar-refractivity contribution < 1.29 is 14.1 Å². The summed E-state index contributed by atoms with van der Waals surface area (Å²) in [5, 5.41) is 6.76. The molecule has 0 atom stereocenters. The molecule has 2 aromatic heterocycles. The zero-order chi connectivity index (χ0) is 22.0. The first-order valence-corrected chi connectivity index (χ1v) is 9.75. The molecule has 1 amide bonds. The molecule has 156 valence electrons. The summed E-state index contributed by atoms with van der Waals surface area (Å²) in [6.45, 7) is 3.60. The standard InChI is InChI=1S/C23H20N4O4/c1-14-3-5-17(6-4-14)20-21-22(31-26-20)23(30)27(13-24-21)12-11-19(29)25-18-9-7-16(8-10-18)15(2)28/h3-10,13H,11-12H2,1-2H3,(H,25,29). The zero-order valence-electron chi connectivity index (χ0n) is 17.1. The van der Waals surface area contributed by atoms with E-state index >= 15 is 0 Å². The smallest absolute Gasteiger partial charge is 0.299 e. The number of aryl methyl sites for hydroxylation is 2. The maximum absolute atomic E-state index is 12.7. The molecule has 0 saturated heterocycles. The molecule has 4 rings (SSSR count). The molecule has 0 spiro atoms. The number of fused-ring (bicyclic) bond motifs is 1. The minimum Gasteiger partial charge on any atom is -0.348 e. The van der Waals surface area contributed by atoms with E-state index in [0.717, 1.165) is 11.1 Å². The van der Waals surface area contributed by atoms with Crippen molar-refractivity contribution in [2.45, 2.75) is 26.8 Å². The molecular formula is C23H20N4O4. The SMILES string of the molecule is CC(=O)c1ccc(NC(=O)CCn2cnc3c(-c4ccc(C)cc4)noc3c2=O)cc1. The third-order valence-electron chi connectivity index (χ3n) is 4.93. The highest BCUT2D eigenvalue weighted by atomic mass is 16.5. The van der Waals surface area contributed by atoms with Gasteiger partial charge in [0.25, 0.3) is 11.1 Å². The summed E-state index contributed by atoms with van der Waals surface area (Å²) in [4.78, 5) is 40.6. The topological polar surface area (TPSA) is 107 Å². The van der Waals surface area contributed by atoms with Gasteiger partial charge in [0.15, 0.2) is 5.78 Å². The van der Waals surface area contributed by atoms with Gasteiger partial charge < -0.3 is 9.84 Å². The number of hydrogen-bond donors (Lipinski definition) is 1. The van der Waals surface area contributed by atoms with Gasteiger partial charge in [0.05, 0.1) is 6.33 Å². The lowest BCUT2D eigenvalue weighted by molar-refractivity contribution is -0.116. The summed E-state index contributed by atoms with van der Waals surface area (Å²) < 4.78 is 6.59. The second-order valence-corrected chi connectivity index (χ2v) is 7.25. The van der Waals surface area contributed by atoms with E-state index in [1.807, 2.05) is 31.2 Å². The molecule has 0 fully saturated rings. The Bertz CT molecular complexity index is 1320. The van der Waals surface area contributed by atoms with Crippen molar-refractivity contribution in [1.29, 1.82) is 0 Å². The van der Waals surface area contributed by atoms with Gasteiger partial charge in [0.1, 0.15) is 11.2 Å². The van der Waals surface area contributed by atoms with Crippen molar-refractivity contribution in [2.75, 3.05) is 5.32 Å². The first-order chi connectivity index (χ1) is 14.9. The second-order valence-electron chi connectivity index (χ2n) is 7.25. The zero-order valence-corrected chi connectivity index (χ0v) is 17.1. The van der Waals surface area contributed by atoms with Crippen LogP contribution < -0.4 is 10.9 Å². The van der Waals surface area contributed by atoms with Gasteiger partial charge in [-0.3, -0.25) is 19.0 Å². The number of carbonyl (C=O) groups is 2. The van der Waals surface area contributed by atoms with E-state index in [0.29, 0.717) is 22.5 Å². The minimum absolute atomic E-state index is 0.0434. The highest BCUT2D eigenvalue weighted by Crippen LogP contribution is 2.24. The summed E-state index contributed by atoms with van der Waals surface area (Å²) in [6.07, 6.45) is 1.47. The summed E-state index contributed by atoms with van der Waals surface area (Å²) >= 11 is 0. The Kier molecular flexibility index (Phi) is 5.44. The molecule has 0 radical (unpaired) electrons. The Morgan fingerprint density at radius 1 is 1.06 bits per heavy atom. The Labute approximate surface area is 177 Å². The summed E-state index contributed by atoms with van der Waals surface area (Å²) in [5.74, 6) is -0.307. The van der Waals surface area contributed by atoms with E-state index < -0.39 is 5.56 Å². The predicted molar refractivity (Wildman–Crippen MR) is 116 cm³/mol. The van der Waals surface area contributed by atoms with Crippen LogP contribution in [0.3, 0.4) is 0 Å². The van der Waals surface area contributed by atoms with Gasteiger partial charge in [-0.2, -0.15) is 0 Å². The molecular weight excluding hydrogens is 396 g/mol. The van der Waals surface area contributed by atoms with E-state index in [-0.39, 0.29) is 30.2 Å². The lowest BCUT2D eigenvalue weighted by Gasteiger charge is -2.07. The second kappa shape index (κ2) is 8.35. The van der Waals surface area contributed by atoms with Crippen molar-refractivity contribution in [3.05, 3.63) is 76.3 Å². The molecule has 0 unspecified atom stereocenters. The van der Waals surface area contributed by atoms with Gasteiger partial charge >= 0.3 is 0 Å². The lowest BCUT2D eigenvalue weighted by Crippen LogP contribution is -2.23. The molecule has 2 heterocycles. The van der Waals surface area contributed by atoms with E-state index in [1.165, 1.54) is 17.8 Å². The molecule has 8 heteroatoms. The average Bonchev–Trinajstić information content (AvgIpc) is 3.19. The van der Waals surface area contributed by atoms with Gasteiger partial charge in [0.2, 0.25) is 5.91 Å². The normalized spacial score (nSPS) is 10.9. The third-order valence-corrected chi connectivity index (χ3v) is 4.93. The largest absolute Gasteiger partial charge is 0.348 e. The maximum atomic E-state index is 12.7. The Hall–Kier alpha value is -4.07. The number of carbonyl (C=O) groups excluding carboxylic acids is 2. The summed E-state index contributed by atoms with van der Waals surface area (Å²) in [7, 11) is 0. The number of rotatable bonds is 6. The average molecular weight is 416 g/mol. The molecule has 2 aromatic carbocycles. The molecule has 0 aliphatic heterocycles. The van der Waals surface area contributed by atoms with Crippen LogP contribution in [0.5, 0.6) is 0 Å². The fourth-order valence-corrected chi connectivity index (χ4v) is 3.15. The van der Waals surface area contributed by atoms with Crippen LogP contribution in [0.2, 0.25) is 0 Å². The maximum Gasteiger partial charge on any atom is 0.299 e. The van der Waals surface area contributed by atoms with Crippen LogP contribution in [0.15, 0.2) is 64.2 Å². The molecule has 8 nitrogen and oxygen atoms in total. The highest BCUT2D eigenvalue weighted by Gasteiger charge is 2.16. The van der Waals surface area contributed by atoms with Crippen molar-refractivity contribution in [1.82, 2.24) is 14.7 Å². The van der Waals surface area contributed by atoms with Gasteiger partial charge in [0, 0.05) is 29.8 Å². The number of Topliss-reactive ketones (excluding diaryl/α,β-unsaturated/α-hetero) is 1. The Morgan fingerprint density at radius 3 is 2.45 bits per heavy atom. The van der Waals surface area contributed by atoms with Crippen LogP contribution in [-0.2, 0) is 11.3 Å². The van der Waals surface area contributed by atoms with Crippen LogP contribution in [-0.4, -0.2) is 26.4 Å². The molecule has 0 aliphatic carbocycles. The first kappa shape index (κ1) is 20.2.